The molecule has 66 heavy (non-hydrogen) atoms. The molecule has 362 valence electrons. The number of carbonyl (C=O) groups is 1. The third-order valence-electron chi connectivity index (χ3n) is 13.4. The zero-order valence-electron chi connectivity index (χ0n) is 41.8. The van der Waals surface area contributed by atoms with E-state index >= 15 is 0 Å². The summed E-state index contributed by atoms with van der Waals surface area (Å²) in [6.45, 7) is 4.56. The average molecular weight is 898 g/mol. The maximum atomic E-state index is 13.8. The van der Waals surface area contributed by atoms with Crippen LogP contribution in [0.15, 0.2) is 128 Å². The first kappa shape index (κ1) is 54.4. The normalized spacial score (nSPS) is 12.9. The molecule has 1 heterocycles. The fourth-order valence-corrected chi connectivity index (χ4v) is 9.52. The molecule has 0 spiro atoms. The van der Waals surface area contributed by atoms with Crippen molar-refractivity contribution in [3.8, 4) is 0 Å². The Kier molecular flexibility index (Phi) is 28.8. The van der Waals surface area contributed by atoms with Crippen LogP contribution in [0.25, 0.3) is 0 Å². The molecular formula is C61H91N3O2. The third kappa shape index (κ3) is 20.7. The van der Waals surface area contributed by atoms with E-state index in [9.17, 15) is 4.79 Å². The Morgan fingerprint density at radius 1 is 0.530 bits per heavy atom. The second kappa shape index (κ2) is 35.0. The van der Waals surface area contributed by atoms with Crippen LogP contribution in [-0.2, 0) is 21.5 Å². The number of allylic oxidation sites excluding steroid dienone is 4. The highest BCUT2D eigenvalue weighted by atomic mass is 16.5. The number of rotatable bonds is 39. The molecule has 4 aromatic rings. The van der Waals surface area contributed by atoms with E-state index in [0.717, 1.165) is 48.1 Å². The minimum atomic E-state index is -0.788. The van der Waals surface area contributed by atoms with Crippen LogP contribution in [0.4, 0.5) is 0 Å². The number of unbranched alkanes of at least 4 members (excludes halogenated alkanes) is 23. The largest absolute Gasteiger partial charge is 0.461 e. The second-order valence-corrected chi connectivity index (χ2v) is 19.0. The second-order valence-electron chi connectivity index (χ2n) is 19.0. The molecule has 0 fully saturated rings. The Labute approximate surface area is 403 Å². The molecule has 0 aliphatic rings. The number of ether oxygens (including phenoxy) is 1. The predicted octanol–water partition coefficient (Wildman–Crippen LogP) is 17.0. The van der Waals surface area contributed by atoms with E-state index in [2.05, 4.69) is 140 Å². The summed E-state index contributed by atoms with van der Waals surface area (Å²) >= 11 is 0. The van der Waals surface area contributed by atoms with E-state index < -0.39 is 11.6 Å². The molecule has 2 N–H and O–H groups in total. The van der Waals surface area contributed by atoms with Gasteiger partial charge in [-0.05, 0) is 93.7 Å². The van der Waals surface area contributed by atoms with E-state index in [1.807, 2.05) is 6.33 Å². The van der Waals surface area contributed by atoms with E-state index in [-0.39, 0.29) is 12.1 Å². The standard InChI is InChI=1S/C61H91N3O2/c1-3-5-7-9-11-13-15-17-19-21-23-25-27-29-31-42-50-58(49-41-30-28-26-24-22-20-18-16-14-12-10-8-6-4-2)66-60(65)59(62)51-57-52-64(53-63-57)61(54-43-35-32-36-44-54,55-45-37-33-38-46-55)56-47-39-34-40-48-56/h17-20,32-40,43-48,52-53,58-59H,3-16,21-31,41-42,49-51,62H2,1-2H3/b19-17-,20-18-. The Bertz CT molecular complexity index is 1720. The van der Waals surface area contributed by atoms with Crippen LogP contribution in [0, 0.1) is 0 Å². The Morgan fingerprint density at radius 2 is 0.879 bits per heavy atom. The lowest BCUT2D eigenvalue weighted by molar-refractivity contribution is -0.151. The van der Waals surface area contributed by atoms with Gasteiger partial charge in [0, 0.05) is 12.6 Å². The molecule has 0 saturated carbocycles. The highest BCUT2D eigenvalue weighted by Crippen LogP contribution is 2.41. The lowest BCUT2D eigenvalue weighted by Crippen LogP contribution is -2.37. The number of esters is 1. The SMILES string of the molecule is CCCCCCCC/C=C\CCCCCCCCC(CCCCCCC/C=C\CCCCCCCC)OC(=O)C(N)Cc1cn(C(c2ccccc2)(c2ccccc2)c2ccccc2)cn1. The number of nitrogens with zero attached hydrogens (tertiary/aromatic N) is 2. The highest BCUT2D eigenvalue weighted by molar-refractivity contribution is 5.76. The smallest absolute Gasteiger partial charge is 0.323 e. The molecule has 0 bridgehead atoms. The maximum absolute atomic E-state index is 13.8. The van der Waals surface area contributed by atoms with Gasteiger partial charge in [-0.3, -0.25) is 4.79 Å². The van der Waals surface area contributed by atoms with Crippen LogP contribution in [0.1, 0.15) is 222 Å². The molecule has 5 nitrogen and oxygen atoms in total. The van der Waals surface area contributed by atoms with E-state index in [4.69, 9.17) is 15.5 Å². The molecular weight excluding hydrogens is 807 g/mol. The predicted molar refractivity (Wildman–Crippen MR) is 282 cm³/mol. The molecule has 4 rings (SSSR count). The van der Waals surface area contributed by atoms with Gasteiger partial charge in [0.05, 0.1) is 12.0 Å². The van der Waals surface area contributed by atoms with Gasteiger partial charge in [-0.1, -0.05) is 238 Å². The molecule has 0 radical (unpaired) electrons. The molecule has 1 aromatic heterocycles. The average Bonchev–Trinajstić information content (AvgIpc) is 3.82. The summed E-state index contributed by atoms with van der Waals surface area (Å²) in [5.74, 6) is -0.313. The number of carbonyl (C=O) groups excluding carboxylic acids is 1. The first-order valence-corrected chi connectivity index (χ1v) is 27.1. The van der Waals surface area contributed by atoms with Crippen LogP contribution in [0.2, 0.25) is 0 Å². The Balaban J connectivity index is 1.27. The minimum Gasteiger partial charge on any atom is -0.461 e. The summed E-state index contributed by atoms with van der Waals surface area (Å²) in [7, 11) is 0. The van der Waals surface area contributed by atoms with Crippen molar-refractivity contribution in [1.82, 2.24) is 9.55 Å². The van der Waals surface area contributed by atoms with Crippen molar-refractivity contribution < 1.29 is 9.53 Å². The molecule has 0 amide bonds. The molecule has 0 aliphatic heterocycles. The maximum Gasteiger partial charge on any atom is 0.323 e. The van der Waals surface area contributed by atoms with Gasteiger partial charge < -0.3 is 15.0 Å². The van der Waals surface area contributed by atoms with Gasteiger partial charge in [-0.2, -0.15) is 0 Å². The number of hydrogen-bond donors (Lipinski definition) is 1. The monoisotopic (exact) mass is 898 g/mol. The van der Waals surface area contributed by atoms with Crippen molar-refractivity contribution in [3.63, 3.8) is 0 Å². The van der Waals surface area contributed by atoms with Crippen molar-refractivity contribution in [1.29, 1.82) is 0 Å². The van der Waals surface area contributed by atoms with Gasteiger partial charge in [0.25, 0.3) is 0 Å². The summed E-state index contributed by atoms with van der Waals surface area (Å²) < 4.78 is 8.48. The van der Waals surface area contributed by atoms with Crippen molar-refractivity contribution >= 4 is 5.97 Å². The molecule has 3 aromatic carbocycles. The van der Waals surface area contributed by atoms with Crippen LogP contribution >= 0.6 is 0 Å². The van der Waals surface area contributed by atoms with Crippen molar-refractivity contribution in [2.45, 2.75) is 224 Å². The fourth-order valence-electron chi connectivity index (χ4n) is 9.52. The lowest BCUT2D eigenvalue weighted by atomic mass is 9.77. The molecule has 2 unspecified atom stereocenters. The van der Waals surface area contributed by atoms with Gasteiger partial charge in [-0.25, -0.2) is 4.98 Å². The van der Waals surface area contributed by atoms with Crippen molar-refractivity contribution in [3.05, 3.63) is 150 Å². The van der Waals surface area contributed by atoms with Gasteiger partial charge in [0.2, 0.25) is 0 Å². The number of imidazole rings is 1. The number of benzene rings is 3. The summed E-state index contributed by atoms with van der Waals surface area (Å²) in [5, 5.41) is 0. The summed E-state index contributed by atoms with van der Waals surface area (Å²) in [4.78, 5) is 18.6. The van der Waals surface area contributed by atoms with Crippen LogP contribution in [0.5, 0.6) is 0 Å². The molecule has 0 saturated heterocycles. The van der Waals surface area contributed by atoms with Crippen LogP contribution in [0.3, 0.4) is 0 Å². The van der Waals surface area contributed by atoms with Crippen molar-refractivity contribution in [2.24, 2.45) is 5.73 Å². The van der Waals surface area contributed by atoms with E-state index in [1.165, 1.54) is 161 Å². The Hall–Kier alpha value is -4.22. The summed E-state index contributed by atoms with van der Waals surface area (Å²) in [6, 6.07) is 31.0. The fraction of sp³-hybridized carbons (Fsp3) is 0.574. The van der Waals surface area contributed by atoms with Gasteiger partial charge in [0.15, 0.2) is 0 Å². The zero-order chi connectivity index (χ0) is 46.6. The van der Waals surface area contributed by atoms with Gasteiger partial charge >= 0.3 is 5.97 Å². The Morgan fingerprint density at radius 3 is 1.26 bits per heavy atom. The first-order chi connectivity index (χ1) is 32.6. The first-order valence-electron chi connectivity index (χ1n) is 27.1. The summed E-state index contributed by atoms with van der Waals surface area (Å²) in [5.41, 5.74) is 10.2. The van der Waals surface area contributed by atoms with Gasteiger partial charge in [0.1, 0.15) is 17.7 Å². The molecule has 0 aliphatic carbocycles. The topological polar surface area (TPSA) is 70.1 Å². The molecule has 5 heteroatoms. The highest BCUT2D eigenvalue weighted by Gasteiger charge is 2.38. The number of hydrogen-bond acceptors (Lipinski definition) is 4. The van der Waals surface area contributed by atoms with Gasteiger partial charge in [-0.15, -0.1) is 0 Å². The summed E-state index contributed by atoms with van der Waals surface area (Å²) in [6.07, 6.45) is 50.3. The van der Waals surface area contributed by atoms with E-state index in [0.29, 0.717) is 6.42 Å². The van der Waals surface area contributed by atoms with Crippen LogP contribution in [-0.4, -0.2) is 27.7 Å². The third-order valence-corrected chi connectivity index (χ3v) is 13.4. The van der Waals surface area contributed by atoms with E-state index in [1.54, 1.807) is 0 Å². The quantitative estimate of drug-likeness (QED) is 0.0210. The molecule has 2 atom stereocenters. The number of aromatic nitrogens is 2. The minimum absolute atomic E-state index is 0.0929. The lowest BCUT2D eigenvalue weighted by Gasteiger charge is -2.37. The number of nitrogens with two attached hydrogens (primary N) is 1. The zero-order valence-corrected chi connectivity index (χ0v) is 41.8. The van der Waals surface area contributed by atoms with Crippen LogP contribution < -0.4 is 5.73 Å². The van der Waals surface area contributed by atoms with Crippen molar-refractivity contribution in [2.75, 3.05) is 0 Å².